The minimum absolute atomic E-state index is 0.0983. The molecule has 0 spiro atoms. The van der Waals surface area contributed by atoms with Crippen LogP contribution in [0.3, 0.4) is 0 Å². The maximum atomic E-state index is 12.2. The summed E-state index contributed by atoms with van der Waals surface area (Å²) in [5.74, 6) is 5.49. The van der Waals surface area contributed by atoms with Crippen LogP contribution in [0.4, 0.5) is 0 Å². The number of fused-ring (bicyclic) bond motifs is 1. The van der Waals surface area contributed by atoms with Gasteiger partial charge in [0.15, 0.2) is 0 Å². The number of nitrogens with zero attached hydrogens (tertiary/aromatic N) is 1. The molecule has 0 bridgehead atoms. The van der Waals surface area contributed by atoms with Crippen LogP contribution in [0.25, 0.3) is 10.8 Å². The molecule has 2 N–H and O–H groups in total. The van der Waals surface area contributed by atoms with E-state index in [0.29, 0.717) is 0 Å². The van der Waals surface area contributed by atoms with Crippen molar-refractivity contribution in [2.75, 3.05) is 7.05 Å². The molecule has 0 heterocycles. The summed E-state index contributed by atoms with van der Waals surface area (Å²) >= 11 is 0. The zero-order chi connectivity index (χ0) is 13.3. The zero-order valence-corrected chi connectivity index (χ0v) is 11.0. The molecule has 2 aromatic carbocycles. The largest absolute Gasteiger partial charge is 0.283 e. The van der Waals surface area contributed by atoms with E-state index < -0.39 is 5.41 Å². The number of rotatable bonds is 2. The molecule has 3 heteroatoms. The molecule has 0 saturated carbocycles. The summed E-state index contributed by atoms with van der Waals surface area (Å²) in [5.41, 5.74) is 0.368. The zero-order valence-electron chi connectivity index (χ0n) is 11.0. The monoisotopic (exact) mass is 242 g/mol. The number of hydrogen-bond acceptors (Lipinski definition) is 2. The topological polar surface area (TPSA) is 46.3 Å². The van der Waals surface area contributed by atoms with Crippen molar-refractivity contribution in [2.24, 2.45) is 5.84 Å². The average molecular weight is 242 g/mol. The van der Waals surface area contributed by atoms with Gasteiger partial charge in [0, 0.05) is 7.05 Å². The normalized spacial score (nSPS) is 11.6. The van der Waals surface area contributed by atoms with Crippen LogP contribution < -0.4 is 5.84 Å². The predicted molar refractivity (Wildman–Crippen MR) is 73.9 cm³/mol. The van der Waals surface area contributed by atoms with Crippen LogP contribution in [0.15, 0.2) is 42.5 Å². The smallest absolute Gasteiger partial charge is 0.246 e. The van der Waals surface area contributed by atoms with E-state index in [9.17, 15) is 4.79 Å². The number of carbonyl (C=O) groups excluding carboxylic acids is 1. The fourth-order valence-electron chi connectivity index (χ4n) is 2.33. The molecule has 2 rings (SSSR count). The van der Waals surface area contributed by atoms with Crippen LogP contribution >= 0.6 is 0 Å². The van der Waals surface area contributed by atoms with Crippen molar-refractivity contribution in [3.63, 3.8) is 0 Å². The van der Waals surface area contributed by atoms with Crippen LogP contribution in [0.5, 0.6) is 0 Å². The molecule has 0 atom stereocenters. The minimum atomic E-state index is -0.635. The summed E-state index contributed by atoms with van der Waals surface area (Å²) in [4.78, 5) is 12.2. The lowest BCUT2D eigenvalue weighted by atomic mass is 9.81. The van der Waals surface area contributed by atoms with Crippen LogP contribution in [0.2, 0.25) is 0 Å². The van der Waals surface area contributed by atoms with Crippen molar-refractivity contribution in [3.05, 3.63) is 48.0 Å². The van der Waals surface area contributed by atoms with Crippen LogP contribution in [-0.2, 0) is 10.2 Å². The van der Waals surface area contributed by atoms with Gasteiger partial charge in [-0.15, -0.1) is 0 Å². The van der Waals surface area contributed by atoms with E-state index in [1.165, 1.54) is 0 Å². The number of carbonyl (C=O) groups is 1. The maximum absolute atomic E-state index is 12.2. The molecule has 3 nitrogen and oxygen atoms in total. The fraction of sp³-hybridized carbons (Fsp3) is 0.267. The Morgan fingerprint density at radius 3 is 2.39 bits per heavy atom. The van der Waals surface area contributed by atoms with Gasteiger partial charge in [0.1, 0.15) is 0 Å². The standard InChI is InChI=1S/C15H18N2O/c1-15(2,14(18)17(3)16)13-10-6-8-11-7-4-5-9-12(11)13/h4-10H,16H2,1-3H3. The predicted octanol–water partition coefficient (Wildman–Crippen LogP) is 2.45. The SMILES string of the molecule is CN(N)C(=O)C(C)(C)c1cccc2ccccc12. The van der Waals surface area contributed by atoms with Crippen LogP contribution in [0.1, 0.15) is 19.4 Å². The lowest BCUT2D eigenvalue weighted by Crippen LogP contribution is -2.45. The number of benzene rings is 2. The van der Waals surface area contributed by atoms with Crippen molar-refractivity contribution in [3.8, 4) is 0 Å². The van der Waals surface area contributed by atoms with Crippen LogP contribution in [0, 0.1) is 0 Å². The second-order valence-corrected chi connectivity index (χ2v) is 5.07. The Morgan fingerprint density at radius 2 is 1.72 bits per heavy atom. The van der Waals surface area contributed by atoms with E-state index in [4.69, 9.17) is 5.84 Å². The fourth-order valence-corrected chi connectivity index (χ4v) is 2.33. The maximum Gasteiger partial charge on any atom is 0.246 e. The van der Waals surface area contributed by atoms with Gasteiger partial charge in [-0.3, -0.25) is 9.80 Å². The number of amides is 1. The highest BCUT2D eigenvalue weighted by atomic mass is 16.2. The van der Waals surface area contributed by atoms with Gasteiger partial charge in [0.25, 0.3) is 0 Å². The molecule has 94 valence electrons. The van der Waals surface area contributed by atoms with E-state index >= 15 is 0 Å². The van der Waals surface area contributed by atoms with E-state index in [1.54, 1.807) is 7.05 Å². The Morgan fingerprint density at radius 1 is 1.11 bits per heavy atom. The molecule has 0 aliphatic rings. The lowest BCUT2D eigenvalue weighted by Gasteiger charge is -2.28. The first-order chi connectivity index (χ1) is 8.44. The van der Waals surface area contributed by atoms with Crippen molar-refractivity contribution >= 4 is 16.7 Å². The van der Waals surface area contributed by atoms with Gasteiger partial charge in [-0.2, -0.15) is 0 Å². The second-order valence-electron chi connectivity index (χ2n) is 5.07. The number of nitrogens with two attached hydrogens (primary N) is 1. The number of hydrazine groups is 1. The van der Waals surface area contributed by atoms with Gasteiger partial charge in [0.05, 0.1) is 5.41 Å². The molecule has 18 heavy (non-hydrogen) atoms. The lowest BCUT2D eigenvalue weighted by molar-refractivity contribution is -0.135. The van der Waals surface area contributed by atoms with Gasteiger partial charge in [0.2, 0.25) is 5.91 Å². The third-order valence-electron chi connectivity index (χ3n) is 3.32. The summed E-state index contributed by atoms with van der Waals surface area (Å²) in [7, 11) is 1.58. The Labute approximate surface area is 107 Å². The Kier molecular flexibility index (Phi) is 3.09. The first-order valence-electron chi connectivity index (χ1n) is 5.95. The van der Waals surface area contributed by atoms with Gasteiger partial charge in [-0.05, 0) is 30.2 Å². The van der Waals surface area contributed by atoms with E-state index in [2.05, 4.69) is 0 Å². The first kappa shape index (κ1) is 12.6. The van der Waals surface area contributed by atoms with Gasteiger partial charge >= 0.3 is 0 Å². The molecular formula is C15H18N2O. The molecular weight excluding hydrogens is 224 g/mol. The minimum Gasteiger partial charge on any atom is -0.283 e. The third kappa shape index (κ3) is 1.97. The molecule has 0 unspecified atom stereocenters. The van der Waals surface area contributed by atoms with E-state index in [1.807, 2.05) is 56.3 Å². The van der Waals surface area contributed by atoms with Crippen molar-refractivity contribution in [1.29, 1.82) is 0 Å². The summed E-state index contributed by atoms with van der Waals surface area (Å²) in [6, 6.07) is 14.1. The summed E-state index contributed by atoms with van der Waals surface area (Å²) in [6.07, 6.45) is 0. The highest BCUT2D eigenvalue weighted by Crippen LogP contribution is 2.31. The molecule has 2 aromatic rings. The third-order valence-corrected chi connectivity index (χ3v) is 3.32. The highest BCUT2D eigenvalue weighted by molar-refractivity contribution is 5.95. The molecule has 1 amide bonds. The number of likely N-dealkylation sites (N-methyl/N-ethyl adjacent to an activating group) is 1. The molecule has 0 radical (unpaired) electrons. The molecule has 0 fully saturated rings. The molecule has 0 saturated heterocycles. The van der Waals surface area contributed by atoms with Crippen molar-refractivity contribution in [2.45, 2.75) is 19.3 Å². The van der Waals surface area contributed by atoms with Gasteiger partial charge in [-0.25, -0.2) is 5.84 Å². The quantitative estimate of drug-likeness (QED) is 0.499. The summed E-state index contributed by atoms with van der Waals surface area (Å²) in [6.45, 7) is 3.81. The summed E-state index contributed by atoms with van der Waals surface area (Å²) in [5, 5.41) is 3.39. The van der Waals surface area contributed by atoms with Crippen molar-refractivity contribution < 1.29 is 4.79 Å². The first-order valence-corrected chi connectivity index (χ1v) is 5.95. The van der Waals surface area contributed by atoms with Gasteiger partial charge in [-0.1, -0.05) is 42.5 Å². The summed E-state index contributed by atoms with van der Waals surface area (Å²) < 4.78 is 0. The Balaban J connectivity index is 2.64. The average Bonchev–Trinajstić information content (AvgIpc) is 2.36. The van der Waals surface area contributed by atoms with E-state index in [-0.39, 0.29) is 5.91 Å². The van der Waals surface area contributed by atoms with Gasteiger partial charge < -0.3 is 0 Å². The molecule has 0 aliphatic heterocycles. The number of hydrogen-bond donors (Lipinski definition) is 1. The Bertz CT molecular complexity index is 583. The van der Waals surface area contributed by atoms with E-state index in [0.717, 1.165) is 21.3 Å². The molecule has 0 aromatic heterocycles. The van der Waals surface area contributed by atoms with Crippen molar-refractivity contribution in [1.82, 2.24) is 5.01 Å². The second kappa shape index (κ2) is 4.42. The Hall–Kier alpha value is -1.87. The van der Waals surface area contributed by atoms with Crippen LogP contribution in [-0.4, -0.2) is 18.0 Å². The highest BCUT2D eigenvalue weighted by Gasteiger charge is 2.32. The molecule has 0 aliphatic carbocycles.